The highest BCUT2D eigenvalue weighted by molar-refractivity contribution is 5.90. The Bertz CT molecular complexity index is 451. The van der Waals surface area contributed by atoms with Gasteiger partial charge < -0.3 is 4.42 Å². The zero-order valence-corrected chi connectivity index (χ0v) is 12.2. The average Bonchev–Trinajstić information content (AvgIpc) is 2.95. The van der Waals surface area contributed by atoms with Crippen molar-refractivity contribution in [3.63, 3.8) is 0 Å². The van der Waals surface area contributed by atoms with E-state index in [1.807, 2.05) is 0 Å². The maximum Gasteiger partial charge on any atom is 0.303 e. The van der Waals surface area contributed by atoms with E-state index in [0.717, 1.165) is 13.0 Å². The molecule has 5 nitrogen and oxygen atoms in total. The van der Waals surface area contributed by atoms with Crippen LogP contribution in [0.3, 0.4) is 0 Å². The molecule has 0 spiro atoms. The summed E-state index contributed by atoms with van der Waals surface area (Å²) >= 11 is 0. The topological polar surface area (TPSA) is 49.6 Å². The van der Waals surface area contributed by atoms with E-state index in [1.54, 1.807) is 11.9 Å². The lowest BCUT2D eigenvalue weighted by atomic mass is 10.1. The molecule has 7 heteroatoms. The minimum Gasteiger partial charge on any atom is -0.432 e. The molecule has 0 saturated carbocycles. The van der Waals surface area contributed by atoms with E-state index in [9.17, 15) is 13.6 Å². The van der Waals surface area contributed by atoms with Crippen molar-refractivity contribution >= 4 is 11.9 Å². The lowest BCUT2D eigenvalue weighted by molar-refractivity contribution is -0.118. The van der Waals surface area contributed by atoms with Crippen LogP contribution in [-0.4, -0.2) is 48.4 Å². The first kappa shape index (κ1) is 15.9. The number of unbranched alkanes of at least 4 members (excludes halogenated alkanes) is 1. The van der Waals surface area contributed by atoms with E-state index in [2.05, 4.69) is 4.98 Å². The third-order valence-electron chi connectivity index (χ3n) is 3.67. The molecule has 1 aromatic rings. The number of halogens is 2. The molecule has 1 saturated heterocycles. The fourth-order valence-electron chi connectivity index (χ4n) is 2.50. The number of oxazole rings is 1. The van der Waals surface area contributed by atoms with Crippen LogP contribution in [0.2, 0.25) is 0 Å². The number of hydrogen-bond donors (Lipinski definition) is 0. The van der Waals surface area contributed by atoms with Crippen molar-refractivity contribution in [2.45, 2.75) is 38.0 Å². The number of anilines is 1. The van der Waals surface area contributed by atoms with Crippen molar-refractivity contribution in [1.29, 1.82) is 0 Å². The van der Waals surface area contributed by atoms with E-state index in [0.29, 0.717) is 25.8 Å². The van der Waals surface area contributed by atoms with Gasteiger partial charge in [-0.05, 0) is 32.4 Å². The Morgan fingerprint density at radius 2 is 2.33 bits per heavy atom. The van der Waals surface area contributed by atoms with Crippen LogP contribution < -0.4 is 4.90 Å². The van der Waals surface area contributed by atoms with Crippen molar-refractivity contribution in [2.24, 2.45) is 0 Å². The summed E-state index contributed by atoms with van der Waals surface area (Å²) in [5.74, 6) is -2.64. The van der Waals surface area contributed by atoms with Gasteiger partial charge in [0.15, 0.2) is 0 Å². The first-order valence-corrected chi connectivity index (χ1v) is 7.24. The van der Waals surface area contributed by atoms with Crippen LogP contribution in [-0.2, 0) is 4.79 Å². The fraction of sp³-hybridized carbons (Fsp3) is 0.714. The highest BCUT2D eigenvalue weighted by Crippen LogP contribution is 2.26. The molecule has 0 radical (unpaired) electrons. The molecular weight excluding hydrogens is 280 g/mol. The molecule has 1 amide bonds. The summed E-state index contributed by atoms with van der Waals surface area (Å²) in [7, 11) is 1.61. The first-order chi connectivity index (χ1) is 9.98. The fourth-order valence-corrected chi connectivity index (χ4v) is 2.50. The quantitative estimate of drug-likeness (QED) is 0.758. The second-order valence-corrected chi connectivity index (χ2v) is 5.46. The molecule has 2 heterocycles. The van der Waals surface area contributed by atoms with Crippen LogP contribution in [0.5, 0.6) is 0 Å². The summed E-state index contributed by atoms with van der Waals surface area (Å²) in [5, 5.41) is 0. The largest absolute Gasteiger partial charge is 0.432 e. The van der Waals surface area contributed by atoms with E-state index in [4.69, 9.17) is 4.42 Å². The number of carbonyl (C=O) groups is 1. The van der Waals surface area contributed by atoms with Gasteiger partial charge in [0.1, 0.15) is 6.26 Å². The van der Waals surface area contributed by atoms with Gasteiger partial charge in [-0.1, -0.05) is 0 Å². The van der Waals surface area contributed by atoms with Gasteiger partial charge in [-0.2, -0.15) is 0 Å². The third kappa shape index (κ3) is 4.77. The monoisotopic (exact) mass is 301 g/mol. The Kier molecular flexibility index (Phi) is 5.27. The summed E-state index contributed by atoms with van der Waals surface area (Å²) in [4.78, 5) is 18.9. The van der Waals surface area contributed by atoms with Gasteiger partial charge >= 0.3 is 6.01 Å². The van der Waals surface area contributed by atoms with Crippen molar-refractivity contribution < 1.29 is 18.0 Å². The van der Waals surface area contributed by atoms with Gasteiger partial charge in [-0.3, -0.25) is 14.6 Å². The second kappa shape index (κ2) is 6.98. The highest BCUT2D eigenvalue weighted by atomic mass is 19.3. The first-order valence-electron chi connectivity index (χ1n) is 7.24. The van der Waals surface area contributed by atoms with Crippen LogP contribution in [0.1, 0.15) is 32.1 Å². The van der Waals surface area contributed by atoms with Crippen LogP contribution in [0, 0.1) is 0 Å². The van der Waals surface area contributed by atoms with Crippen molar-refractivity contribution in [3.8, 4) is 0 Å². The number of likely N-dealkylation sites (tertiary alicyclic amines) is 1. The molecule has 118 valence electrons. The molecule has 0 N–H and O–H groups in total. The van der Waals surface area contributed by atoms with E-state index in [1.165, 1.54) is 17.4 Å². The van der Waals surface area contributed by atoms with Gasteiger partial charge in [0.25, 0.3) is 5.92 Å². The molecule has 0 unspecified atom stereocenters. The van der Waals surface area contributed by atoms with E-state index in [-0.39, 0.29) is 24.9 Å². The predicted molar refractivity (Wildman–Crippen MR) is 74.4 cm³/mol. The Hall–Kier alpha value is -1.50. The molecule has 0 atom stereocenters. The van der Waals surface area contributed by atoms with Crippen LogP contribution >= 0.6 is 0 Å². The summed E-state index contributed by atoms with van der Waals surface area (Å²) in [6, 6.07) is 0.274. The molecule has 21 heavy (non-hydrogen) atoms. The SMILES string of the molecule is CN(C(=O)CCCCN1CCCC(F)(F)C1)c1ncco1. The number of amides is 1. The molecule has 1 aromatic heterocycles. The maximum absolute atomic E-state index is 13.2. The highest BCUT2D eigenvalue weighted by Gasteiger charge is 2.34. The summed E-state index contributed by atoms with van der Waals surface area (Å²) in [6.07, 6.45) is 5.20. The van der Waals surface area contributed by atoms with Crippen molar-refractivity contribution in [1.82, 2.24) is 9.88 Å². The van der Waals surface area contributed by atoms with Gasteiger partial charge in [0.2, 0.25) is 5.91 Å². The Labute approximate surface area is 122 Å². The van der Waals surface area contributed by atoms with Crippen LogP contribution in [0.4, 0.5) is 14.8 Å². The van der Waals surface area contributed by atoms with Crippen molar-refractivity contribution in [3.05, 3.63) is 12.5 Å². The van der Waals surface area contributed by atoms with Gasteiger partial charge in [0, 0.05) is 19.9 Å². The summed E-state index contributed by atoms with van der Waals surface area (Å²) < 4.78 is 31.5. The molecular formula is C14H21F2N3O2. The van der Waals surface area contributed by atoms with Crippen molar-refractivity contribution in [2.75, 3.05) is 31.6 Å². The molecule has 1 aliphatic rings. The number of rotatable bonds is 6. The number of aromatic nitrogens is 1. The second-order valence-electron chi connectivity index (χ2n) is 5.46. The van der Waals surface area contributed by atoms with Crippen LogP contribution in [0.25, 0.3) is 0 Å². The smallest absolute Gasteiger partial charge is 0.303 e. The summed E-state index contributed by atoms with van der Waals surface area (Å²) in [6.45, 7) is 1.18. The number of nitrogens with zero attached hydrogens (tertiary/aromatic N) is 3. The molecule has 2 rings (SSSR count). The molecule has 0 aromatic carbocycles. The maximum atomic E-state index is 13.2. The normalized spacial score (nSPS) is 18.6. The number of hydrogen-bond acceptors (Lipinski definition) is 4. The minimum absolute atomic E-state index is 0.0110. The zero-order chi connectivity index (χ0) is 15.3. The lowest BCUT2D eigenvalue weighted by Crippen LogP contribution is -2.42. The van der Waals surface area contributed by atoms with E-state index < -0.39 is 5.92 Å². The lowest BCUT2D eigenvalue weighted by Gasteiger charge is -2.32. The van der Waals surface area contributed by atoms with Gasteiger partial charge in [-0.25, -0.2) is 13.8 Å². The Balaban J connectivity index is 1.64. The molecule has 0 aliphatic carbocycles. The van der Waals surface area contributed by atoms with Gasteiger partial charge in [0.05, 0.1) is 12.7 Å². The summed E-state index contributed by atoms with van der Waals surface area (Å²) in [5.41, 5.74) is 0. The van der Waals surface area contributed by atoms with Crippen LogP contribution in [0.15, 0.2) is 16.9 Å². The predicted octanol–water partition coefficient (Wildman–Crippen LogP) is 2.54. The standard InChI is InChI=1S/C14H21F2N3O2/c1-18(13-17-7-10-21-13)12(20)5-2-3-8-19-9-4-6-14(15,16)11-19/h7,10H,2-6,8-9,11H2,1H3. The molecule has 1 aliphatic heterocycles. The zero-order valence-electron chi connectivity index (χ0n) is 12.2. The molecule has 0 bridgehead atoms. The Morgan fingerprint density at radius 1 is 1.52 bits per heavy atom. The number of carbonyl (C=O) groups excluding carboxylic acids is 1. The molecule has 1 fully saturated rings. The third-order valence-corrected chi connectivity index (χ3v) is 3.67. The average molecular weight is 301 g/mol. The van der Waals surface area contributed by atoms with E-state index >= 15 is 0 Å². The minimum atomic E-state index is -2.56. The van der Waals surface area contributed by atoms with Gasteiger partial charge in [-0.15, -0.1) is 0 Å². The number of alkyl halides is 2. The Morgan fingerprint density at radius 3 is 3.00 bits per heavy atom. The number of piperidine rings is 1.